The van der Waals surface area contributed by atoms with Crippen molar-refractivity contribution in [3.05, 3.63) is 28.6 Å². The number of rotatable bonds is 3. The highest BCUT2D eigenvalue weighted by atomic mass is 35.5. The molecule has 0 aromatic carbocycles. The van der Waals surface area contributed by atoms with E-state index in [9.17, 15) is 8.78 Å². The molecule has 1 rings (SSSR count). The number of hydrogen-bond donors (Lipinski definition) is 1. The lowest BCUT2D eigenvalue weighted by Gasteiger charge is -2.11. The Balaban J connectivity index is 3.46. The minimum absolute atomic E-state index is 0.0840. The molecule has 0 fully saturated rings. The third-order valence-electron chi connectivity index (χ3n) is 1.95. The van der Waals surface area contributed by atoms with Crippen LogP contribution in [0.1, 0.15) is 28.8 Å². The number of nitriles is 1. The van der Waals surface area contributed by atoms with Crippen LogP contribution in [0, 0.1) is 11.3 Å². The molecule has 1 N–H and O–H groups in total. The molecule has 15 heavy (non-hydrogen) atoms. The third-order valence-corrected chi connectivity index (χ3v) is 2.21. The number of hydrogen-bond acceptors (Lipinski definition) is 3. The van der Waals surface area contributed by atoms with Crippen molar-refractivity contribution in [1.29, 1.82) is 5.26 Å². The van der Waals surface area contributed by atoms with E-state index < -0.39 is 18.6 Å². The fourth-order valence-corrected chi connectivity index (χ4v) is 1.54. The van der Waals surface area contributed by atoms with E-state index in [1.807, 2.05) is 0 Å². The van der Waals surface area contributed by atoms with E-state index in [2.05, 4.69) is 4.98 Å². The molecule has 0 bridgehead atoms. The number of nitrogens with zero attached hydrogens (tertiary/aromatic N) is 2. The first-order valence-corrected chi connectivity index (χ1v) is 4.54. The van der Waals surface area contributed by atoms with E-state index in [4.69, 9.17) is 22.0 Å². The number of aliphatic hydroxyl groups is 1. The van der Waals surface area contributed by atoms with Crippen LogP contribution in [0.2, 0.25) is 0 Å². The average Bonchev–Trinajstić information content (AvgIpc) is 2.26. The highest BCUT2D eigenvalue weighted by Gasteiger charge is 2.21. The highest BCUT2D eigenvalue weighted by Crippen LogP contribution is 2.28. The second kappa shape index (κ2) is 5.01. The molecule has 0 aliphatic rings. The van der Waals surface area contributed by atoms with Crippen molar-refractivity contribution < 1.29 is 13.9 Å². The first-order valence-electron chi connectivity index (χ1n) is 4.01. The molecule has 0 atom stereocenters. The van der Waals surface area contributed by atoms with Crippen molar-refractivity contribution in [3.8, 4) is 6.07 Å². The zero-order valence-electron chi connectivity index (χ0n) is 7.54. The quantitative estimate of drug-likeness (QED) is 0.812. The maximum Gasteiger partial charge on any atom is 0.266 e. The summed E-state index contributed by atoms with van der Waals surface area (Å²) in [6, 6.07) is 1.57. The minimum atomic E-state index is -2.83. The molecule has 3 nitrogen and oxygen atoms in total. The van der Waals surface area contributed by atoms with Gasteiger partial charge in [0, 0.05) is 17.6 Å². The lowest BCUT2D eigenvalue weighted by Crippen LogP contribution is -2.04. The molecule has 0 saturated carbocycles. The molecular formula is C9H7ClF2N2O. The first kappa shape index (κ1) is 11.8. The van der Waals surface area contributed by atoms with Gasteiger partial charge in [0.05, 0.1) is 12.2 Å². The van der Waals surface area contributed by atoms with Crippen LogP contribution < -0.4 is 0 Å². The summed E-state index contributed by atoms with van der Waals surface area (Å²) < 4.78 is 25.3. The summed E-state index contributed by atoms with van der Waals surface area (Å²) in [4.78, 5) is 3.54. The second-order valence-corrected chi connectivity index (χ2v) is 3.00. The van der Waals surface area contributed by atoms with E-state index in [1.165, 1.54) is 6.20 Å². The molecule has 0 radical (unpaired) electrons. The average molecular weight is 233 g/mol. The first-order chi connectivity index (χ1) is 7.15. The Kier molecular flexibility index (Phi) is 3.95. The van der Waals surface area contributed by atoms with Crippen LogP contribution in [-0.2, 0) is 12.5 Å². The fraction of sp³-hybridized carbons (Fsp3) is 0.333. The van der Waals surface area contributed by atoms with E-state index >= 15 is 0 Å². The number of aromatic nitrogens is 1. The van der Waals surface area contributed by atoms with Gasteiger partial charge in [0.15, 0.2) is 0 Å². The van der Waals surface area contributed by atoms with Crippen LogP contribution in [0.25, 0.3) is 0 Å². The van der Waals surface area contributed by atoms with E-state index in [0.717, 1.165) is 0 Å². The highest BCUT2D eigenvalue weighted by molar-refractivity contribution is 6.17. The van der Waals surface area contributed by atoms with Crippen molar-refractivity contribution in [3.63, 3.8) is 0 Å². The van der Waals surface area contributed by atoms with Crippen LogP contribution in [0.15, 0.2) is 6.20 Å². The monoisotopic (exact) mass is 232 g/mol. The van der Waals surface area contributed by atoms with Crippen molar-refractivity contribution in [1.82, 2.24) is 4.98 Å². The van der Waals surface area contributed by atoms with Gasteiger partial charge in [-0.3, -0.25) is 0 Å². The number of alkyl halides is 3. The molecular weight excluding hydrogens is 226 g/mol. The standard InChI is InChI=1S/C9H7ClF2N2O/c10-1-6-5(4-15)3-14-7(2-13)8(6)9(11)12/h3,9,15H,1,4H2. The Morgan fingerprint density at radius 1 is 1.60 bits per heavy atom. The lowest BCUT2D eigenvalue weighted by atomic mass is 10.0. The lowest BCUT2D eigenvalue weighted by molar-refractivity contribution is 0.149. The Labute approximate surface area is 89.9 Å². The summed E-state index contributed by atoms with van der Waals surface area (Å²) >= 11 is 5.51. The van der Waals surface area contributed by atoms with Crippen LogP contribution in [-0.4, -0.2) is 10.1 Å². The predicted molar refractivity (Wildman–Crippen MR) is 49.4 cm³/mol. The van der Waals surface area contributed by atoms with Gasteiger partial charge in [-0.1, -0.05) is 0 Å². The van der Waals surface area contributed by atoms with E-state index in [-0.39, 0.29) is 22.7 Å². The van der Waals surface area contributed by atoms with Crippen molar-refractivity contribution >= 4 is 11.6 Å². The molecule has 1 aromatic heterocycles. The van der Waals surface area contributed by atoms with Gasteiger partial charge in [0.2, 0.25) is 0 Å². The molecule has 0 spiro atoms. The molecule has 0 unspecified atom stereocenters. The number of halogens is 3. The smallest absolute Gasteiger partial charge is 0.266 e. The van der Waals surface area contributed by atoms with Gasteiger partial charge in [-0.2, -0.15) is 5.26 Å². The zero-order chi connectivity index (χ0) is 11.4. The summed E-state index contributed by atoms with van der Waals surface area (Å²) in [7, 11) is 0. The van der Waals surface area contributed by atoms with Gasteiger partial charge in [-0.05, 0) is 5.56 Å². The number of pyridine rings is 1. The largest absolute Gasteiger partial charge is 0.392 e. The minimum Gasteiger partial charge on any atom is -0.392 e. The maximum atomic E-state index is 12.6. The van der Waals surface area contributed by atoms with Crippen LogP contribution in [0.4, 0.5) is 8.78 Å². The normalized spacial score (nSPS) is 10.4. The molecule has 6 heteroatoms. The van der Waals surface area contributed by atoms with Crippen molar-refractivity contribution in [2.24, 2.45) is 0 Å². The van der Waals surface area contributed by atoms with Gasteiger partial charge < -0.3 is 5.11 Å². The summed E-state index contributed by atoms with van der Waals surface area (Å²) in [5.41, 5.74) is -0.531. The molecule has 0 aliphatic carbocycles. The molecule has 80 valence electrons. The van der Waals surface area contributed by atoms with E-state index in [0.29, 0.717) is 0 Å². The zero-order valence-corrected chi connectivity index (χ0v) is 8.30. The predicted octanol–water partition coefficient (Wildman–Crippen LogP) is 2.12. The van der Waals surface area contributed by atoms with Crippen molar-refractivity contribution in [2.45, 2.75) is 18.9 Å². The Bertz CT molecular complexity index is 404. The fourth-order valence-electron chi connectivity index (χ4n) is 1.22. The summed E-state index contributed by atoms with van der Waals surface area (Å²) in [5, 5.41) is 17.5. The van der Waals surface area contributed by atoms with Crippen LogP contribution in [0.3, 0.4) is 0 Å². The van der Waals surface area contributed by atoms with Crippen LogP contribution >= 0.6 is 11.6 Å². The second-order valence-electron chi connectivity index (χ2n) is 2.73. The topological polar surface area (TPSA) is 56.9 Å². The summed E-state index contributed by atoms with van der Waals surface area (Å²) in [6.45, 7) is -0.430. The van der Waals surface area contributed by atoms with Gasteiger partial charge in [-0.25, -0.2) is 13.8 Å². The van der Waals surface area contributed by atoms with Gasteiger partial charge >= 0.3 is 0 Å². The number of aliphatic hydroxyl groups excluding tert-OH is 1. The Morgan fingerprint density at radius 2 is 2.27 bits per heavy atom. The molecule has 0 aliphatic heterocycles. The van der Waals surface area contributed by atoms with Crippen molar-refractivity contribution in [2.75, 3.05) is 0 Å². The summed E-state index contributed by atoms with van der Waals surface area (Å²) in [6.07, 6.45) is -1.64. The van der Waals surface area contributed by atoms with Gasteiger partial charge in [0.25, 0.3) is 6.43 Å². The van der Waals surface area contributed by atoms with E-state index in [1.54, 1.807) is 6.07 Å². The summed E-state index contributed by atoms with van der Waals surface area (Å²) in [5.74, 6) is -0.188. The Morgan fingerprint density at radius 3 is 2.67 bits per heavy atom. The molecule has 1 aromatic rings. The molecule has 1 heterocycles. The van der Waals surface area contributed by atoms with Gasteiger partial charge in [-0.15, -0.1) is 11.6 Å². The maximum absolute atomic E-state index is 12.6. The SMILES string of the molecule is N#Cc1ncc(CO)c(CCl)c1C(F)F. The van der Waals surface area contributed by atoms with Crippen LogP contribution in [0.5, 0.6) is 0 Å². The third kappa shape index (κ3) is 2.22. The van der Waals surface area contributed by atoms with Gasteiger partial charge in [0.1, 0.15) is 11.8 Å². The molecule has 0 saturated heterocycles. The molecule has 0 amide bonds. The Hall–Kier alpha value is -1.25.